The number of hydrogen-bond donors (Lipinski definition) is 2. The Morgan fingerprint density at radius 3 is 2.50 bits per heavy atom. The zero-order valence-corrected chi connectivity index (χ0v) is 9.97. The Hall–Kier alpha value is -1.40. The highest BCUT2D eigenvalue weighted by Gasteiger charge is 2.17. The summed E-state index contributed by atoms with van der Waals surface area (Å²) in [7, 11) is -3.55. The van der Waals surface area contributed by atoms with Crippen LogP contribution in [0.15, 0.2) is 29.2 Å². The van der Waals surface area contributed by atoms with Gasteiger partial charge in [0.1, 0.15) is 4.90 Å². The van der Waals surface area contributed by atoms with E-state index in [0.29, 0.717) is 6.54 Å². The lowest BCUT2D eigenvalue weighted by Crippen LogP contribution is -2.24. The van der Waals surface area contributed by atoms with Gasteiger partial charge < -0.3 is 5.32 Å². The van der Waals surface area contributed by atoms with Crippen LogP contribution in [-0.4, -0.2) is 20.9 Å². The van der Waals surface area contributed by atoms with Crippen LogP contribution in [0.25, 0.3) is 0 Å². The molecule has 0 heterocycles. The van der Waals surface area contributed by atoms with Crippen molar-refractivity contribution in [2.45, 2.75) is 18.7 Å². The molecule has 5 nitrogen and oxygen atoms in total. The molecule has 0 radical (unpaired) electrons. The van der Waals surface area contributed by atoms with Gasteiger partial charge in [-0.25, -0.2) is 13.1 Å². The van der Waals surface area contributed by atoms with Crippen molar-refractivity contribution in [3.63, 3.8) is 0 Å². The monoisotopic (exact) mass is 242 g/mol. The van der Waals surface area contributed by atoms with Crippen molar-refractivity contribution in [3.05, 3.63) is 24.3 Å². The first-order chi connectivity index (χ1) is 7.47. The van der Waals surface area contributed by atoms with Crippen LogP contribution in [0.2, 0.25) is 0 Å². The molecule has 1 rings (SSSR count). The Labute approximate surface area is 94.9 Å². The SMILES string of the molecule is CCNS(=O)(=O)c1ccccc1NC(C)=O. The van der Waals surface area contributed by atoms with Crippen molar-refractivity contribution in [2.75, 3.05) is 11.9 Å². The lowest BCUT2D eigenvalue weighted by atomic mass is 10.3. The Morgan fingerprint density at radius 1 is 1.31 bits per heavy atom. The first-order valence-corrected chi connectivity index (χ1v) is 6.32. The maximum absolute atomic E-state index is 11.8. The molecule has 0 saturated carbocycles. The van der Waals surface area contributed by atoms with Gasteiger partial charge in [-0.05, 0) is 12.1 Å². The van der Waals surface area contributed by atoms with Crippen molar-refractivity contribution < 1.29 is 13.2 Å². The number of amides is 1. The Balaban J connectivity index is 3.18. The number of hydrogen-bond acceptors (Lipinski definition) is 3. The van der Waals surface area contributed by atoms with Crippen molar-refractivity contribution >= 4 is 21.6 Å². The molecule has 0 saturated heterocycles. The predicted molar refractivity (Wildman–Crippen MR) is 61.6 cm³/mol. The van der Waals surface area contributed by atoms with Crippen LogP contribution in [0.5, 0.6) is 0 Å². The predicted octanol–water partition coefficient (Wildman–Crippen LogP) is 0.943. The second-order valence-corrected chi connectivity index (χ2v) is 4.91. The molecule has 0 aliphatic rings. The van der Waals surface area contributed by atoms with Gasteiger partial charge in [-0.2, -0.15) is 0 Å². The minimum Gasteiger partial charge on any atom is -0.325 e. The molecule has 0 bridgehead atoms. The summed E-state index contributed by atoms with van der Waals surface area (Å²) in [6.45, 7) is 3.33. The Morgan fingerprint density at radius 2 is 1.94 bits per heavy atom. The van der Waals surface area contributed by atoms with Crippen LogP contribution in [0.1, 0.15) is 13.8 Å². The van der Waals surface area contributed by atoms with Crippen LogP contribution in [-0.2, 0) is 14.8 Å². The summed E-state index contributed by atoms with van der Waals surface area (Å²) in [4.78, 5) is 11.0. The van der Waals surface area contributed by atoms with Gasteiger partial charge in [0.2, 0.25) is 15.9 Å². The summed E-state index contributed by atoms with van der Waals surface area (Å²) in [5.74, 6) is -0.306. The van der Waals surface area contributed by atoms with Gasteiger partial charge in [-0.1, -0.05) is 19.1 Å². The number of nitrogens with one attached hydrogen (secondary N) is 2. The van der Waals surface area contributed by atoms with Gasteiger partial charge in [0.25, 0.3) is 0 Å². The van der Waals surface area contributed by atoms with Gasteiger partial charge in [0, 0.05) is 13.5 Å². The largest absolute Gasteiger partial charge is 0.325 e. The molecule has 88 valence electrons. The van der Waals surface area contributed by atoms with Gasteiger partial charge in [0.15, 0.2) is 0 Å². The number of rotatable bonds is 4. The lowest BCUT2D eigenvalue weighted by molar-refractivity contribution is -0.114. The molecule has 0 aliphatic heterocycles. The van der Waals surface area contributed by atoms with E-state index >= 15 is 0 Å². The molecular weight excluding hydrogens is 228 g/mol. The normalized spacial score (nSPS) is 11.1. The fourth-order valence-electron chi connectivity index (χ4n) is 1.26. The third-order valence-electron chi connectivity index (χ3n) is 1.82. The minimum atomic E-state index is -3.55. The number of anilines is 1. The summed E-state index contributed by atoms with van der Waals surface area (Å²) in [5.41, 5.74) is 0.288. The highest BCUT2D eigenvalue weighted by atomic mass is 32.2. The zero-order valence-electron chi connectivity index (χ0n) is 9.15. The first-order valence-electron chi connectivity index (χ1n) is 4.83. The number of benzene rings is 1. The van der Waals surface area contributed by atoms with Gasteiger partial charge in [0.05, 0.1) is 5.69 Å². The van der Waals surface area contributed by atoms with Crippen LogP contribution in [0.3, 0.4) is 0 Å². The second-order valence-electron chi connectivity index (χ2n) is 3.18. The number of carbonyl (C=O) groups excluding carboxylic acids is 1. The van der Waals surface area contributed by atoms with Gasteiger partial charge in [-0.3, -0.25) is 4.79 Å². The van der Waals surface area contributed by atoms with E-state index in [9.17, 15) is 13.2 Å². The standard InChI is InChI=1S/C10H14N2O3S/c1-3-11-16(14,15)10-7-5-4-6-9(10)12-8(2)13/h4-7,11H,3H2,1-2H3,(H,12,13). The molecule has 2 N–H and O–H groups in total. The van der Waals surface area contributed by atoms with Crippen molar-refractivity contribution in [1.82, 2.24) is 4.72 Å². The average Bonchev–Trinajstić information content (AvgIpc) is 2.17. The van der Waals surface area contributed by atoms with E-state index in [4.69, 9.17) is 0 Å². The molecule has 0 fully saturated rings. The highest BCUT2D eigenvalue weighted by Crippen LogP contribution is 2.20. The van der Waals surface area contributed by atoms with E-state index in [0.717, 1.165) is 0 Å². The molecular formula is C10H14N2O3S. The van der Waals surface area contributed by atoms with Crippen LogP contribution < -0.4 is 10.0 Å². The topological polar surface area (TPSA) is 75.3 Å². The summed E-state index contributed by atoms with van der Waals surface area (Å²) in [5, 5.41) is 2.48. The lowest BCUT2D eigenvalue weighted by Gasteiger charge is -2.10. The van der Waals surface area contributed by atoms with Crippen LogP contribution in [0.4, 0.5) is 5.69 Å². The second kappa shape index (κ2) is 5.09. The van der Waals surface area contributed by atoms with E-state index in [-0.39, 0.29) is 16.5 Å². The maximum Gasteiger partial charge on any atom is 0.242 e. The van der Waals surface area contributed by atoms with Crippen molar-refractivity contribution in [1.29, 1.82) is 0 Å². The molecule has 16 heavy (non-hydrogen) atoms. The summed E-state index contributed by atoms with van der Waals surface area (Å²) in [6.07, 6.45) is 0. The molecule has 1 aromatic rings. The third-order valence-corrected chi connectivity index (χ3v) is 3.43. The first kappa shape index (κ1) is 12.7. The fourth-order valence-corrected chi connectivity index (χ4v) is 2.46. The van der Waals surface area contributed by atoms with Crippen molar-refractivity contribution in [2.24, 2.45) is 0 Å². The third kappa shape index (κ3) is 3.04. The molecule has 1 amide bonds. The van der Waals surface area contributed by atoms with Gasteiger partial charge >= 0.3 is 0 Å². The number of sulfonamides is 1. The zero-order chi connectivity index (χ0) is 12.2. The smallest absolute Gasteiger partial charge is 0.242 e. The Kier molecular flexibility index (Phi) is 4.03. The van der Waals surface area contributed by atoms with Gasteiger partial charge in [-0.15, -0.1) is 0 Å². The number of carbonyl (C=O) groups is 1. The molecule has 0 aromatic heterocycles. The van der Waals surface area contributed by atoms with E-state index in [1.165, 1.54) is 13.0 Å². The van der Waals surface area contributed by atoms with E-state index in [2.05, 4.69) is 10.0 Å². The maximum atomic E-state index is 11.8. The van der Waals surface area contributed by atoms with Crippen molar-refractivity contribution in [3.8, 4) is 0 Å². The summed E-state index contributed by atoms with van der Waals surface area (Å²) in [6, 6.07) is 6.26. The van der Waals surface area contributed by atoms with Crippen LogP contribution >= 0.6 is 0 Å². The molecule has 0 unspecified atom stereocenters. The summed E-state index contributed by atoms with van der Waals surface area (Å²) >= 11 is 0. The van der Waals surface area contributed by atoms with E-state index in [1.807, 2.05) is 0 Å². The molecule has 1 aromatic carbocycles. The molecule has 6 heteroatoms. The molecule has 0 atom stereocenters. The van der Waals surface area contributed by atoms with E-state index in [1.54, 1.807) is 25.1 Å². The minimum absolute atomic E-state index is 0.0760. The fraction of sp³-hybridized carbons (Fsp3) is 0.300. The quantitative estimate of drug-likeness (QED) is 0.825. The Bertz CT molecular complexity index is 483. The van der Waals surface area contributed by atoms with Crippen LogP contribution in [0, 0.1) is 0 Å². The highest BCUT2D eigenvalue weighted by molar-refractivity contribution is 7.89. The van der Waals surface area contributed by atoms with E-state index < -0.39 is 10.0 Å². The number of para-hydroxylation sites is 1. The molecule has 0 aliphatic carbocycles. The average molecular weight is 242 g/mol. The summed E-state index contributed by atoms with van der Waals surface area (Å²) < 4.78 is 25.9. The molecule has 0 spiro atoms.